The van der Waals surface area contributed by atoms with E-state index in [-0.39, 0.29) is 0 Å². The maximum atomic E-state index is 11.6. The molecule has 1 fully saturated rings. The lowest BCUT2D eigenvalue weighted by Crippen LogP contribution is -2.35. The van der Waals surface area contributed by atoms with Crippen LogP contribution >= 0.6 is 15.9 Å². The van der Waals surface area contributed by atoms with Gasteiger partial charge in [-0.1, -0.05) is 0 Å². The zero-order chi connectivity index (χ0) is 11.7. The second-order valence-electron chi connectivity index (χ2n) is 4.41. The number of pyridine rings is 1. The average molecular weight is 285 g/mol. The lowest BCUT2D eigenvalue weighted by molar-refractivity contribution is -0.613. The van der Waals surface area contributed by atoms with Crippen LogP contribution in [0.2, 0.25) is 0 Å². The van der Waals surface area contributed by atoms with Gasteiger partial charge in [0.25, 0.3) is 0 Å². The minimum atomic E-state index is 0.795. The molecule has 2 heterocycles. The van der Waals surface area contributed by atoms with E-state index in [2.05, 4.69) is 20.8 Å². The van der Waals surface area contributed by atoms with Crippen molar-refractivity contribution in [3.05, 3.63) is 27.1 Å². The number of aromatic nitrogens is 1. The summed E-state index contributed by atoms with van der Waals surface area (Å²) >= 11 is 3.51. The number of nitrogens with zero attached hydrogens (tertiary/aromatic N) is 2. The molecule has 3 nitrogen and oxygen atoms in total. The maximum absolute atomic E-state index is 11.6. The molecule has 4 heteroatoms. The highest BCUT2D eigenvalue weighted by atomic mass is 79.9. The SMILES string of the molecule is Cc1c(N2CCCCC2)c(Br)c[n+]([O-])c1C. The van der Waals surface area contributed by atoms with Gasteiger partial charge in [0.1, 0.15) is 4.47 Å². The molecule has 1 aliphatic rings. The molecule has 1 aromatic rings. The Morgan fingerprint density at radius 2 is 1.88 bits per heavy atom. The third-order valence-corrected chi connectivity index (χ3v) is 3.94. The first kappa shape index (κ1) is 11.7. The summed E-state index contributed by atoms with van der Waals surface area (Å²) in [5, 5.41) is 11.6. The zero-order valence-electron chi connectivity index (χ0n) is 9.79. The van der Waals surface area contributed by atoms with Crippen LogP contribution in [0.4, 0.5) is 5.69 Å². The van der Waals surface area contributed by atoms with Gasteiger partial charge in [0.15, 0.2) is 11.9 Å². The normalized spacial score (nSPS) is 16.6. The van der Waals surface area contributed by atoms with Crippen molar-refractivity contribution in [2.45, 2.75) is 33.1 Å². The van der Waals surface area contributed by atoms with Crippen molar-refractivity contribution < 1.29 is 4.73 Å². The fourth-order valence-corrected chi connectivity index (χ4v) is 3.02. The van der Waals surface area contributed by atoms with Crippen LogP contribution in [0.3, 0.4) is 0 Å². The Balaban J connectivity index is 2.42. The van der Waals surface area contributed by atoms with E-state index < -0.39 is 0 Å². The minimum absolute atomic E-state index is 0.795. The lowest BCUT2D eigenvalue weighted by Gasteiger charge is -2.30. The first-order valence-corrected chi connectivity index (χ1v) is 6.54. The van der Waals surface area contributed by atoms with Gasteiger partial charge in [-0.25, -0.2) is 0 Å². The molecule has 1 aromatic heterocycles. The Hall–Kier alpha value is -0.770. The van der Waals surface area contributed by atoms with Crippen molar-refractivity contribution in [2.75, 3.05) is 18.0 Å². The van der Waals surface area contributed by atoms with Crippen LogP contribution in [-0.4, -0.2) is 13.1 Å². The van der Waals surface area contributed by atoms with Gasteiger partial charge in [0.05, 0.1) is 5.69 Å². The van der Waals surface area contributed by atoms with Gasteiger partial charge in [-0.15, -0.1) is 0 Å². The van der Waals surface area contributed by atoms with Crippen LogP contribution in [0.1, 0.15) is 30.5 Å². The second kappa shape index (κ2) is 4.62. The van der Waals surface area contributed by atoms with Crippen LogP contribution in [0.15, 0.2) is 10.7 Å². The summed E-state index contributed by atoms with van der Waals surface area (Å²) in [6, 6.07) is 0. The number of hydrogen-bond acceptors (Lipinski definition) is 2. The molecule has 0 N–H and O–H groups in total. The Labute approximate surface area is 105 Å². The number of piperidine rings is 1. The van der Waals surface area contributed by atoms with Crippen LogP contribution in [0.5, 0.6) is 0 Å². The summed E-state index contributed by atoms with van der Waals surface area (Å²) in [7, 11) is 0. The van der Waals surface area contributed by atoms with Crippen molar-refractivity contribution >= 4 is 21.6 Å². The topological polar surface area (TPSA) is 30.2 Å². The predicted octanol–water partition coefficient (Wildman–Crippen LogP) is 2.69. The van der Waals surface area contributed by atoms with E-state index in [9.17, 15) is 5.21 Å². The Bertz CT molecular complexity index is 400. The zero-order valence-corrected chi connectivity index (χ0v) is 11.4. The minimum Gasteiger partial charge on any atom is -0.618 e. The molecule has 0 bridgehead atoms. The second-order valence-corrected chi connectivity index (χ2v) is 5.26. The van der Waals surface area contributed by atoms with Gasteiger partial charge in [-0.3, -0.25) is 0 Å². The summed E-state index contributed by atoms with van der Waals surface area (Å²) in [5.41, 5.74) is 3.08. The van der Waals surface area contributed by atoms with Crippen molar-refractivity contribution in [3.63, 3.8) is 0 Å². The van der Waals surface area contributed by atoms with Crippen molar-refractivity contribution in [1.82, 2.24) is 0 Å². The first-order chi connectivity index (χ1) is 7.61. The Morgan fingerprint density at radius 1 is 1.25 bits per heavy atom. The quantitative estimate of drug-likeness (QED) is 0.586. The molecule has 16 heavy (non-hydrogen) atoms. The van der Waals surface area contributed by atoms with Crippen LogP contribution in [0.25, 0.3) is 0 Å². The van der Waals surface area contributed by atoms with Crippen molar-refractivity contribution in [1.29, 1.82) is 0 Å². The van der Waals surface area contributed by atoms with Crippen LogP contribution in [-0.2, 0) is 0 Å². The van der Waals surface area contributed by atoms with Gasteiger partial charge in [0.2, 0.25) is 0 Å². The fourth-order valence-electron chi connectivity index (χ4n) is 2.28. The monoisotopic (exact) mass is 284 g/mol. The lowest BCUT2D eigenvalue weighted by atomic mass is 10.1. The summed E-state index contributed by atoms with van der Waals surface area (Å²) < 4.78 is 1.85. The third-order valence-electron chi connectivity index (χ3n) is 3.36. The molecule has 0 aromatic carbocycles. The van der Waals surface area contributed by atoms with Gasteiger partial charge < -0.3 is 10.1 Å². The van der Waals surface area contributed by atoms with Crippen LogP contribution in [0, 0.1) is 19.1 Å². The van der Waals surface area contributed by atoms with Gasteiger partial charge in [0, 0.05) is 25.6 Å². The standard InChI is InChI=1S/C12H17BrN2O/c1-9-10(2)15(16)8-11(13)12(9)14-6-4-3-5-7-14/h8H,3-7H2,1-2H3. The molecule has 0 aliphatic carbocycles. The van der Waals surface area contributed by atoms with Gasteiger partial charge in [-0.2, -0.15) is 4.73 Å². The predicted molar refractivity (Wildman–Crippen MR) is 68.6 cm³/mol. The highest BCUT2D eigenvalue weighted by Crippen LogP contribution is 2.31. The molecule has 0 radical (unpaired) electrons. The molecule has 0 amide bonds. The van der Waals surface area contributed by atoms with E-state index in [1.54, 1.807) is 6.20 Å². The highest BCUT2D eigenvalue weighted by Gasteiger charge is 2.20. The number of hydrogen-bond donors (Lipinski definition) is 0. The summed E-state index contributed by atoms with van der Waals surface area (Å²) in [6.07, 6.45) is 5.43. The average Bonchev–Trinajstić information content (AvgIpc) is 2.28. The molecule has 2 rings (SSSR count). The third kappa shape index (κ3) is 2.03. The smallest absolute Gasteiger partial charge is 0.196 e. The van der Waals surface area contributed by atoms with E-state index in [0.29, 0.717) is 0 Å². The van der Waals surface area contributed by atoms with E-state index >= 15 is 0 Å². The Kier molecular flexibility index (Phi) is 3.38. The summed E-state index contributed by atoms with van der Waals surface area (Å²) in [6.45, 7) is 6.10. The Morgan fingerprint density at radius 3 is 2.50 bits per heavy atom. The number of anilines is 1. The molecular weight excluding hydrogens is 268 g/mol. The van der Waals surface area contributed by atoms with Crippen molar-refractivity contribution in [2.24, 2.45) is 0 Å². The molecular formula is C12H17BrN2O. The van der Waals surface area contributed by atoms with E-state index in [0.717, 1.165) is 33.6 Å². The fraction of sp³-hybridized carbons (Fsp3) is 0.583. The van der Waals surface area contributed by atoms with E-state index in [1.165, 1.54) is 24.9 Å². The summed E-state index contributed by atoms with van der Waals surface area (Å²) in [5.74, 6) is 0. The number of halogens is 1. The molecule has 0 saturated carbocycles. The van der Waals surface area contributed by atoms with E-state index in [1.807, 2.05) is 13.8 Å². The first-order valence-electron chi connectivity index (χ1n) is 5.75. The molecule has 0 unspecified atom stereocenters. The molecule has 1 saturated heterocycles. The van der Waals surface area contributed by atoms with Gasteiger partial charge >= 0.3 is 0 Å². The number of rotatable bonds is 1. The summed E-state index contributed by atoms with van der Waals surface area (Å²) in [4.78, 5) is 2.38. The largest absolute Gasteiger partial charge is 0.618 e. The van der Waals surface area contributed by atoms with E-state index in [4.69, 9.17) is 0 Å². The van der Waals surface area contributed by atoms with Crippen LogP contribution < -0.4 is 9.63 Å². The molecule has 1 aliphatic heterocycles. The van der Waals surface area contributed by atoms with Gasteiger partial charge in [-0.05, 0) is 42.1 Å². The van der Waals surface area contributed by atoms with Crippen molar-refractivity contribution in [3.8, 4) is 0 Å². The highest BCUT2D eigenvalue weighted by molar-refractivity contribution is 9.10. The molecule has 88 valence electrons. The molecule has 0 spiro atoms. The molecule has 0 atom stereocenters. The maximum Gasteiger partial charge on any atom is 0.196 e.